The first-order chi connectivity index (χ1) is 16.6. The normalized spacial score (nSPS) is 23.2. The van der Waals surface area contributed by atoms with Crippen LogP contribution < -0.4 is 30.8 Å². The molecule has 0 amide bonds. The summed E-state index contributed by atoms with van der Waals surface area (Å²) < 4.78 is 45.3. The van der Waals surface area contributed by atoms with Crippen molar-refractivity contribution in [3.05, 3.63) is 32.6 Å². The number of terminal acetylenes is 1. The van der Waals surface area contributed by atoms with Crippen molar-refractivity contribution in [1.82, 2.24) is 9.55 Å². The van der Waals surface area contributed by atoms with Gasteiger partial charge in [-0.25, -0.2) is 9.11 Å². The molecule has 18 heteroatoms. The zero-order valence-corrected chi connectivity index (χ0v) is 21.2. The Balaban J connectivity index is 2.06. The van der Waals surface area contributed by atoms with E-state index in [0.717, 1.165) is 17.4 Å². The quantitative estimate of drug-likeness (QED) is 0.171. The maximum atomic E-state index is 12.3. The van der Waals surface area contributed by atoms with E-state index in [9.17, 15) is 48.0 Å². The standard InChI is InChI=1S/C18H25N2O13P3/c1-2-3-4-5-6-7-8-13-11-20(18(23)19-17(13)22)15-9-14(16(21)10-15)12-31-35(27,28)33-36(29,30)32-34(24,25)26/h1,11,14-16,21H,3-6,9-10,12H2,(H,27,28)(H,29,30)(H,19,22,23)(H2,24,25,26)/p-4/t14-,15-,16?/m1/s1. The van der Waals surface area contributed by atoms with Crippen LogP contribution in [0.5, 0.6) is 0 Å². The zero-order valence-electron chi connectivity index (χ0n) is 18.5. The number of hydrogen-bond donors (Lipinski definition) is 2. The Kier molecular flexibility index (Phi) is 10.6. The second-order valence-corrected chi connectivity index (χ2v) is 11.9. The third kappa shape index (κ3) is 9.91. The molecule has 5 atom stereocenters. The Morgan fingerprint density at radius 2 is 1.75 bits per heavy atom. The van der Waals surface area contributed by atoms with Gasteiger partial charge in [0, 0.05) is 31.0 Å². The highest BCUT2D eigenvalue weighted by Gasteiger charge is 2.36. The number of phosphoric ester groups is 1. The van der Waals surface area contributed by atoms with E-state index in [-0.39, 0.29) is 18.4 Å². The third-order valence-corrected chi connectivity index (χ3v) is 8.60. The molecule has 2 rings (SSSR count). The largest absolute Gasteiger partial charge is 0.790 e. The van der Waals surface area contributed by atoms with Crippen molar-refractivity contribution in [3.63, 3.8) is 0 Å². The number of hydrogen-bond acceptors (Lipinski definition) is 13. The molecule has 0 radical (unpaired) electrons. The lowest BCUT2D eigenvalue weighted by atomic mass is 10.1. The van der Waals surface area contributed by atoms with Gasteiger partial charge < -0.3 is 33.8 Å². The van der Waals surface area contributed by atoms with E-state index < -0.39 is 59.4 Å². The molecule has 2 N–H and O–H groups in total. The van der Waals surface area contributed by atoms with Crippen molar-refractivity contribution in [2.45, 2.75) is 50.7 Å². The Bertz CT molecular complexity index is 1300. The number of rotatable bonds is 11. The number of aliphatic hydroxyl groups is 1. The first-order valence-electron chi connectivity index (χ1n) is 10.3. The van der Waals surface area contributed by atoms with Crippen LogP contribution in [0.15, 0.2) is 15.8 Å². The Morgan fingerprint density at radius 3 is 2.39 bits per heavy atom. The molecular weight excluding hydrogens is 545 g/mol. The van der Waals surface area contributed by atoms with Crippen LogP contribution in [0.3, 0.4) is 0 Å². The molecule has 0 aliphatic heterocycles. The van der Waals surface area contributed by atoms with Crippen LogP contribution in [0.25, 0.3) is 0 Å². The number of aliphatic hydroxyl groups excluding tert-OH is 1. The van der Waals surface area contributed by atoms with Gasteiger partial charge in [-0.15, -0.1) is 12.3 Å². The average Bonchev–Trinajstić information content (AvgIpc) is 3.08. The summed E-state index contributed by atoms with van der Waals surface area (Å²) in [6, 6.07) is -0.707. The lowest BCUT2D eigenvalue weighted by Crippen LogP contribution is -2.33. The summed E-state index contributed by atoms with van der Waals surface area (Å²) in [5.74, 6) is 7.03. The van der Waals surface area contributed by atoms with E-state index in [4.69, 9.17) is 6.42 Å². The molecule has 15 nitrogen and oxygen atoms in total. The minimum Gasteiger partial charge on any atom is -0.790 e. The molecule has 1 aromatic rings. The number of aromatic nitrogens is 2. The van der Waals surface area contributed by atoms with Crippen molar-refractivity contribution >= 4 is 23.5 Å². The number of nitrogens with one attached hydrogen (secondary N) is 1. The van der Waals surface area contributed by atoms with E-state index in [1.807, 2.05) is 0 Å². The van der Waals surface area contributed by atoms with Crippen molar-refractivity contribution in [2.24, 2.45) is 5.92 Å². The number of nitrogens with zero attached hydrogens (tertiary/aromatic N) is 1. The van der Waals surface area contributed by atoms with Crippen LogP contribution in [0.1, 0.15) is 50.1 Å². The number of phosphoric acid groups is 3. The SMILES string of the molecule is C#CCCCCC#Cc1cn([C@H]2CC(O)[C@@H](COP(=O)([O-])OP(=O)([O-])OP(=O)([O-])[O-])C2)c(=O)[nH]c1=O. The second-order valence-electron chi connectivity index (χ2n) is 7.68. The van der Waals surface area contributed by atoms with Crippen molar-refractivity contribution in [1.29, 1.82) is 0 Å². The summed E-state index contributed by atoms with van der Waals surface area (Å²) in [6.07, 6.45) is 7.64. The van der Waals surface area contributed by atoms with E-state index in [0.29, 0.717) is 12.8 Å². The van der Waals surface area contributed by atoms with Gasteiger partial charge in [0.05, 0.1) is 20.5 Å². The first-order valence-corrected chi connectivity index (χ1v) is 14.7. The van der Waals surface area contributed by atoms with Crippen LogP contribution in [0.4, 0.5) is 0 Å². The lowest BCUT2D eigenvalue weighted by molar-refractivity contribution is -0.339. The molecule has 0 aromatic carbocycles. The minimum absolute atomic E-state index is 0.00145. The van der Waals surface area contributed by atoms with Gasteiger partial charge in [-0.2, -0.15) is 0 Å². The molecule has 1 fully saturated rings. The topological polar surface area (TPSA) is 246 Å². The fourth-order valence-electron chi connectivity index (χ4n) is 3.39. The van der Waals surface area contributed by atoms with E-state index in [1.54, 1.807) is 0 Å². The zero-order chi connectivity index (χ0) is 27.1. The van der Waals surface area contributed by atoms with Crippen LogP contribution in [0, 0.1) is 30.1 Å². The van der Waals surface area contributed by atoms with Crippen LogP contribution in [0.2, 0.25) is 0 Å². The van der Waals surface area contributed by atoms with Gasteiger partial charge in [-0.3, -0.25) is 27.8 Å². The van der Waals surface area contributed by atoms with E-state index >= 15 is 0 Å². The van der Waals surface area contributed by atoms with Gasteiger partial charge in [-0.1, -0.05) is 11.8 Å². The van der Waals surface area contributed by atoms with Gasteiger partial charge in [0.1, 0.15) is 5.56 Å². The third-order valence-electron chi connectivity index (χ3n) is 4.94. The maximum absolute atomic E-state index is 12.3. The second kappa shape index (κ2) is 12.6. The van der Waals surface area contributed by atoms with Crippen LogP contribution >= 0.6 is 23.5 Å². The van der Waals surface area contributed by atoms with Crippen molar-refractivity contribution in [3.8, 4) is 24.2 Å². The van der Waals surface area contributed by atoms with Gasteiger partial charge >= 0.3 is 5.69 Å². The molecule has 1 saturated carbocycles. The lowest BCUT2D eigenvalue weighted by Gasteiger charge is -2.37. The summed E-state index contributed by atoms with van der Waals surface area (Å²) in [6.45, 7) is -0.812. The molecule has 36 heavy (non-hydrogen) atoms. The van der Waals surface area contributed by atoms with Gasteiger partial charge in [-0.05, 0) is 25.7 Å². The molecule has 1 aliphatic carbocycles. The first kappa shape index (κ1) is 30.4. The molecular formula is C18H21N2O13P3-4. The monoisotopic (exact) mass is 566 g/mol. The molecule has 0 saturated heterocycles. The maximum Gasteiger partial charge on any atom is 0.328 e. The van der Waals surface area contributed by atoms with Gasteiger partial charge in [0.15, 0.2) is 0 Å². The molecule has 3 unspecified atom stereocenters. The summed E-state index contributed by atoms with van der Waals surface area (Å²) in [5, 5.41) is 10.3. The van der Waals surface area contributed by atoms with Crippen LogP contribution in [-0.2, 0) is 26.8 Å². The Morgan fingerprint density at radius 1 is 1.08 bits per heavy atom. The molecule has 1 aromatic heterocycles. The highest BCUT2D eigenvalue weighted by atomic mass is 31.3. The minimum atomic E-state index is -6.12. The van der Waals surface area contributed by atoms with E-state index in [1.165, 1.54) is 6.20 Å². The van der Waals surface area contributed by atoms with Crippen molar-refractivity contribution in [2.75, 3.05) is 6.61 Å². The van der Waals surface area contributed by atoms with Crippen LogP contribution in [-0.4, -0.2) is 27.4 Å². The van der Waals surface area contributed by atoms with Gasteiger partial charge in [0.2, 0.25) is 0 Å². The fraction of sp³-hybridized carbons (Fsp3) is 0.556. The number of aromatic amines is 1. The van der Waals surface area contributed by atoms with E-state index in [2.05, 4.69) is 35.9 Å². The molecule has 1 aliphatic rings. The highest BCUT2D eigenvalue weighted by molar-refractivity contribution is 7.64. The molecule has 1 heterocycles. The molecule has 0 spiro atoms. The Hall–Kier alpha value is -1.83. The van der Waals surface area contributed by atoms with Crippen molar-refractivity contribution < 1.29 is 51.5 Å². The summed E-state index contributed by atoms with van der Waals surface area (Å²) in [7, 11) is -18.0. The predicted molar refractivity (Wildman–Crippen MR) is 114 cm³/mol. The Labute approximate surface area is 204 Å². The van der Waals surface area contributed by atoms with Gasteiger partial charge in [0.25, 0.3) is 21.2 Å². The molecule has 0 bridgehead atoms. The average molecular weight is 566 g/mol. The smallest absolute Gasteiger partial charge is 0.328 e. The fourth-order valence-corrected chi connectivity index (χ4v) is 6.30. The predicted octanol–water partition coefficient (Wildman–Crippen LogP) is -1.79. The number of unbranched alkanes of at least 4 members (excludes halogenated alkanes) is 3. The summed E-state index contributed by atoms with van der Waals surface area (Å²) >= 11 is 0. The summed E-state index contributed by atoms with van der Waals surface area (Å²) in [5.41, 5.74) is -1.50. The molecule has 200 valence electrons. The number of H-pyrrole nitrogens is 1. The highest BCUT2D eigenvalue weighted by Crippen LogP contribution is 2.60. The summed E-state index contributed by atoms with van der Waals surface area (Å²) in [4.78, 5) is 70.1.